The van der Waals surface area contributed by atoms with Gasteiger partial charge in [0.15, 0.2) is 0 Å². The van der Waals surface area contributed by atoms with Crippen LogP contribution >= 0.6 is 0 Å². The summed E-state index contributed by atoms with van der Waals surface area (Å²) in [6.45, 7) is 0. The van der Waals surface area contributed by atoms with Crippen molar-refractivity contribution < 1.29 is 5.11 Å². The fourth-order valence-corrected chi connectivity index (χ4v) is 3.12. The van der Waals surface area contributed by atoms with Crippen molar-refractivity contribution in [1.29, 1.82) is 0 Å². The maximum absolute atomic E-state index is 12.2. The Kier molecular flexibility index (Phi) is 3.59. The van der Waals surface area contributed by atoms with Gasteiger partial charge in [-0.1, -0.05) is 56.0 Å². The van der Waals surface area contributed by atoms with Gasteiger partial charge in [-0.3, -0.25) is 4.79 Å². The summed E-state index contributed by atoms with van der Waals surface area (Å²) in [5.41, 5.74) is 1.75. The zero-order valence-corrected chi connectivity index (χ0v) is 11.4. The molecule has 1 aliphatic carbocycles. The quantitative estimate of drug-likeness (QED) is 0.896. The maximum atomic E-state index is 12.2. The van der Waals surface area contributed by atoms with Crippen LogP contribution in [0, 0.1) is 5.92 Å². The van der Waals surface area contributed by atoms with Crippen LogP contribution in [0.3, 0.4) is 0 Å². The zero-order valence-electron chi connectivity index (χ0n) is 11.4. The highest BCUT2D eigenvalue weighted by Gasteiger charge is 2.17. The van der Waals surface area contributed by atoms with E-state index < -0.39 is 0 Å². The fraction of sp³-hybridized carbons (Fsp3) is 0.353. The Morgan fingerprint density at radius 1 is 1.15 bits per heavy atom. The summed E-state index contributed by atoms with van der Waals surface area (Å²) in [7, 11) is 0. The van der Waals surface area contributed by atoms with Gasteiger partial charge in [0.25, 0.3) is 5.56 Å². The first-order valence-electron chi connectivity index (χ1n) is 7.24. The van der Waals surface area contributed by atoms with Crippen LogP contribution in [0.5, 0.6) is 5.75 Å². The van der Waals surface area contributed by atoms with Gasteiger partial charge in [0, 0.05) is 11.8 Å². The van der Waals surface area contributed by atoms with E-state index in [0.29, 0.717) is 11.5 Å². The molecule has 2 N–H and O–H groups in total. The normalized spacial score (nSPS) is 15.6. The van der Waals surface area contributed by atoms with Crippen molar-refractivity contribution in [3.05, 3.63) is 52.4 Å². The van der Waals surface area contributed by atoms with Gasteiger partial charge in [0.05, 0.1) is 5.56 Å². The van der Waals surface area contributed by atoms with Crippen LogP contribution in [-0.4, -0.2) is 10.1 Å². The second-order valence-electron chi connectivity index (χ2n) is 5.60. The summed E-state index contributed by atoms with van der Waals surface area (Å²) in [6.07, 6.45) is 5.87. The Labute approximate surface area is 118 Å². The van der Waals surface area contributed by atoms with Crippen LogP contribution in [-0.2, 0) is 6.42 Å². The number of nitrogens with one attached hydrogen (secondary N) is 1. The summed E-state index contributed by atoms with van der Waals surface area (Å²) in [5, 5.41) is 10.2. The largest absolute Gasteiger partial charge is 0.507 e. The van der Waals surface area contributed by atoms with Crippen LogP contribution in [0.1, 0.15) is 31.4 Å². The number of hydrogen-bond acceptors (Lipinski definition) is 2. The molecule has 3 nitrogen and oxygen atoms in total. The second kappa shape index (κ2) is 5.53. The van der Waals surface area contributed by atoms with Crippen LogP contribution in [0.4, 0.5) is 0 Å². The summed E-state index contributed by atoms with van der Waals surface area (Å²) >= 11 is 0. The fourth-order valence-electron chi connectivity index (χ4n) is 3.12. The summed E-state index contributed by atoms with van der Waals surface area (Å²) in [4.78, 5) is 15.1. The lowest BCUT2D eigenvalue weighted by molar-refractivity contribution is 0.471. The van der Waals surface area contributed by atoms with Gasteiger partial charge in [0.1, 0.15) is 5.75 Å². The molecule has 0 spiro atoms. The molecule has 0 radical (unpaired) electrons. The van der Waals surface area contributed by atoms with E-state index in [-0.39, 0.29) is 11.3 Å². The smallest absolute Gasteiger partial charge is 0.259 e. The Bertz CT molecular complexity index is 640. The van der Waals surface area contributed by atoms with Crippen molar-refractivity contribution in [3.63, 3.8) is 0 Å². The molecule has 104 valence electrons. The number of aromatic nitrogens is 1. The molecule has 0 saturated heterocycles. The van der Waals surface area contributed by atoms with E-state index in [9.17, 15) is 9.90 Å². The predicted molar refractivity (Wildman–Crippen MR) is 79.8 cm³/mol. The van der Waals surface area contributed by atoms with E-state index in [4.69, 9.17) is 0 Å². The van der Waals surface area contributed by atoms with E-state index in [1.54, 1.807) is 6.07 Å². The topological polar surface area (TPSA) is 53.1 Å². The minimum Gasteiger partial charge on any atom is -0.507 e. The van der Waals surface area contributed by atoms with E-state index in [2.05, 4.69) is 4.98 Å². The first kappa shape index (κ1) is 13.0. The third kappa shape index (κ3) is 2.62. The minimum atomic E-state index is -0.204. The number of H-pyrrole nitrogens is 1. The molecule has 20 heavy (non-hydrogen) atoms. The van der Waals surface area contributed by atoms with Crippen molar-refractivity contribution in [2.24, 2.45) is 5.92 Å². The highest BCUT2D eigenvalue weighted by atomic mass is 16.3. The minimum absolute atomic E-state index is 0.0768. The van der Waals surface area contributed by atoms with Crippen molar-refractivity contribution in [1.82, 2.24) is 4.98 Å². The van der Waals surface area contributed by atoms with E-state index in [1.165, 1.54) is 25.7 Å². The molecule has 1 fully saturated rings. The molecule has 0 unspecified atom stereocenters. The lowest BCUT2D eigenvalue weighted by Crippen LogP contribution is -2.13. The molecule has 1 heterocycles. The monoisotopic (exact) mass is 269 g/mol. The molecule has 1 saturated carbocycles. The maximum Gasteiger partial charge on any atom is 0.259 e. The number of pyridine rings is 1. The standard InChI is InChI=1S/C17H19NO2/c19-15-11-14(10-12-6-4-5-7-12)18-17(20)16(15)13-8-2-1-3-9-13/h1-3,8-9,11-12H,4-7,10H2,(H2,18,19,20). The number of aromatic hydroxyl groups is 1. The lowest BCUT2D eigenvalue weighted by Gasteiger charge is -2.11. The number of aromatic amines is 1. The molecule has 0 aliphatic heterocycles. The van der Waals surface area contributed by atoms with Crippen LogP contribution < -0.4 is 5.56 Å². The second-order valence-corrected chi connectivity index (χ2v) is 5.60. The highest BCUT2D eigenvalue weighted by Crippen LogP contribution is 2.30. The van der Waals surface area contributed by atoms with Crippen LogP contribution in [0.2, 0.25) is 0 Å². The molecule has 3 heteroatoms. The van der Waals surface area contributed by atoms with Crippen molar-refractivity contribution in [2.45, 2.75) is 32.1 Å². The summed E-state index contributed by atoms with van der Waals surface area (Å²) in [5.74, 6) is 0.723. The van der Waals surface area contributed by atoms with Crippen molar-refractivity contribution >= 4 is 0 Å². The summed E-state index contributed by atoms with van der Waals surface area (Å²) < 4.78 is 0. The molecule has 3 rings (SSSR count). The molecular weight excluding hydrogens is 250 g/mol. The van der Waals surface area contributed by atoms with E-state index in [1.807, 2.05) is 30.3 Å². The van der Waals surface area contributed by atoms with Crippen LogP contribution in [0.25, 0.3) is 11.1 Å². The number of hydrogen-bond donors (Lipinski definition) is 2. The molecule has 2 aromatic rings. The van der Waals surface area contributed by atoms with Gasteiger partial charge in [-0.2, -0.15) is 0 Å². The molecule has 0 amide bonds. The SMILES string of the molecule is O=c1[nH]c(CC2CCCC2)cc(O)c1-c1ccccc1. The summed E-state index contributed by atoms with van der Waals surface area (Å²) in [6, 6.07) is 11.0. The molecule has 1 aromatic heterocycles. The third-order valence-electron chi connectivity index (χ3n) is 4.11. The molecule has 1 aromatic carbocycles. The van der Waals surface area contributed by atoms with Gasteiger partial charge in [-0.05, 0) is 17.9 Å². The average molecular weight is 269 g/mol. The van der Waals surface area contributed by atoms with E-state index in [0.717, 1.165) is 17.7 Å². The number of benzene rings is 1. The van der Waals surface area contributed by atoms with Crippen molar-refractivity contribution in [2.75, 3.05) is 0 Å². The Hall–Kier alpha value is -2.03. The van der Waals surface area contributed by atoms with Gasteiger partial charge >= 0.3 is 0 Å². The van der Waals surface area contributed by atoms with Gasteiger partial charge < -0.3 is 10.1 Å². The first-order chi connectivity index (χ1) is 9.74. The Morgan fingerprint density at radius 2 is 1.85 bits per heavy atom. The van der Waals surface area contributed by atoms with Crippen molar-refractivity contribution in [3.8, 4) is 16.9 Å². The predicted octanol–water partition coefficient (Wildman–Crippen LogP) is 3.48. The average Bonchev–Trinajstić information content (AvgIpc) is 2.92. The highest BCUT2D eigenvalue weighted by molar-refractivity contribution is 5.68. The van der Waals surface area contributed by atoms with Gasteiger partial charge in [-0.15, -0.1) is 0 Å². The Balaban J connectivity index is 1.92. The number of rotatable bonds is 3. The van der Waals surface area contributed by atoms with Gasteiger partial charge in [0.2, 0.25) is 0 Å². The van der Waals surface area contributed by atoms with Crippen LogP contribution in [0.15, 0.2) is 41.2 Å². The zero-order chi connectivity index (χ0) is 13.9. The molecule has 0 atom stereocenters. The van der Waals surface area contributed by atoms with E-state index >= 15 is 0 Å². The molecule has 1 aliphatic rings. The first-order valence-corrected chi connectivity index (χ1v) is 7.24. The third-order valence-corrected chi connectivity index (χ3v) is 4.11. The lowest BCUT2D eigenvalue weighted by atomic mass is 10.00. The van der Waals surface area contributed by atoms with Gasteiger partial charge in [-0.25, -0.2) is 0 Å². The molecule has 0 bridgehead atoms. The molecular formula is C17H19NO2. The Morgan fingerprint density at radius 3 is 2.50 bits per heavy atom.